The lowest BCUT2D eigenvalue weighted by molar-refractivity contribution is -0.154. The van der Waals surface area contributed by atoms with Gasteiger partial charge in [0.1, 0.15) is 28.4 Å². The zero-order valence-corrected chi connectivity index (χ0v) is 40.9. The second kappa shape index (κ2) is 21.9. The predicted octanol–water partition coefficient (Wildman–Crippen LogP) is 9.49. The zero-order valence-electron chi connectivity index (χ0n) is 38.4. The summed E-state index contributed by atoms with van der Waals surface area (Å²) >= 11 is 3.54. The van der Waals surface area contributed by atoms with Crippen LogP contribution in [-0.2, 0) is 39.1 Å². The molecule has 2 aliphatic heterocycles. The second-order valence-electron chi connectivity index (χ2n) is 16.8. The van der Waals surface area contributed by atoms with Crippen molar-refractivity contribution in [2.45, 2.75) is 56.4 Å². The van der Waals surface area contributed by atoms with Crippen molar-refractivity contribution in [3.63, 3.8) is 0 Å². The normalized spacial score (nSPS) is 16.0. The van der Waals surface area contributed by atoms with E-state index >= 15 is 0 Å². The minimum atomic E-state index is -1.40. The first-order valence-corrected chi connectivity index (χ1v) is 24.9. The first-order valence-electron chi connectivity index (χ1n) is 22.1. The number of benzene rings is 5. The number of oxime groups is 1. The Morgan fingerprint density at radius 2 is 1.33 bits per heavy atom. The minimum Gasteiger partial charge on any atom is -0.448 e. The van der Waals surface area contributed by atoms with Crippen LogP contribution in [0.1, 0.15) is 67.3 Å². The molecule has 1 fully saturated rings. The molecule has 0 radical (unpaired) electrons. The van der Waals surface area contributed by atoms with E-state index in [9.17, 15) is 24.0 Å². The van der Waals surface area contributed by atoms with E-state index in [2.05, 4.69) is 26.1 Å². The molecular weight excluding hydrogens is 945 g/mol. The van der Waals surface area contributed by atoms with Gasteiger partial charge in [-0.2, -0.15) is 0 Å². The number of ether oxygens (including phenoxy) is 2. The van der Waals surface area contributed by atoms with Gasteiger partial charge in [0.25, 0.3) is 11.8 Å². The summed E-state index contributed by atoms with van der Waals surface area (Å²) in [7, 11) is 0. The fourth-order valence-electron chi connectivity index (χ4n) is 7.72. The largest absolute Gasteiger partial charge is 0.448 e. The average molecular weight is 993 g/mol. The molecule has 0 saturated carbocycles. The molecular formula is C53H48N6O8S3. The van der Waals surface area contributed by atoms with Gasteiger partial charge in [0.2, 0.25) is 11.5 Å². The number of fused-ring (bicyclic) bond motifs is 1. The van der Waals surface area contributed by atoms with Crippen LogP contribution >= 0.6 is 34.9 Å². The summed E-state index contributed by atoms with van der Waals surface area (Å²) in [5.41, 5.74) is 1.14. The molecule has 2 atom stereocenters. The molecule has 17 heteroatoms. The van der Waals surface area contributed by atoms with Crippen molar-refractivity contribution in [3.05, 3.63) is 213 Å². The molecule has 0 aliphatic carbocycles. The van der Waals surface area contributed by atoms with Gasteiger partial charge >= 0.3 is 12.1 Å². The van der Waals surface area contributed by atoms with Crippen LogP contribution in [0, 0.1) is 0 Å². The molecule has 1 saturated heterocycles. The highest BCUT2D eigenvalue weighted by molar-refractivity contribution is 8.08. The molecule has 1 unspecified atom stereocenters. The molecule has 70 heavy (non-hydrogen) atoms. The number of anilines is 1. The van der Waals surface area contributed by atoms with Crippen molar-refractivity contribution in [2.75, 3.05) is 11.1 Å². The van der Waals surface area contributed by atoms with E-state index in [1.54, 1.807) is 31.6 Å². The maximum Gasteiger partial charge on any atom is 0.413 e. The molecule has 5 aromatic carbocycles. The quantitative estimate of drug-likeness (QED) is 0.0277. The third-order valence-corrected chi connectivity index (χ3v) is 13.9. The topological polar surface area (TPSA) is 178 Å². The Bertz CT molecular complexity index is 2790. The number of thioether (sulfide) groups is 2. The number of hydrogen-bond donors (Lipinski definition) is 3. The van der Waals surface area contributed by atoms with Gasteiger partial charge in [0, 0.05) is 45.9 Å². The summed E-state index contributed by atoms with van der Waals surface area (Å²) in [6.07, 6.45) is -0.109. The number of nitrogens with one attached hydrogen (secondary N) is 3. The SMILES string of the molecule is CC(=O)N/C=C/SC1=C(C(=O)OC(c2ccccc2)c2ccccc2)N2C(=O)C(NC(=O)/C(=N\OC(c3ccccc3)(c3ccccc3)c3ccccc3)c3csc(NC(=O)OC(C)(C)C)n3)[C@H]2SC1. The molecule has 3 heterocycles. The van der Waals surface area contributed by atoms with Crippen LogP contribution < -0.4 is 16.0 Å². The van der Waals surface area contributed by atoms with Gasteiger partial charge in [-0.25, -0.2) is 14.6 Å². The third-order valence-electron chi connectivity index (χ3n) is 10.8. The number of amides is 4. The molecule has 1 aromatic heterocycles. The molecule has 6 aromatic rings. The summed E-state index contributed by atoms with van der Waals surface area (Å²) in [5, 5.41) is 15.3. The highest BCUT2D eigenvalue weighted by atomic mass is 32.2. The lowest BCUT2D eigenvalue weighted by Gasteiger charge is -2.49. The lowest BCUT2D eigenvalue weighted by atomic mass is 9.80. The summed E-state index contributed by atoms with van der Waals surface area (Å²) in [4.78, 5) is 81.7. The Hall–Kier alpha value is -7.47. The van der Waals surface area contributed by atoms with Crippen molar-refractivity contribution in [1.29, 1.82) is 0 Å². The van der Waals surface area contributed by atoms with E-state index in [0.29, 0.717) is 21.6 Å². The number of carbonyl (C=O) groups excluding carboxylic acids is 5. The average Bonchev–Trinajstić information content (AvgIpc) is 3.82. The van der Waals surface area contributed by atoms with Crippen molar-refractivity contribution in [2.24, 2.45) is 5.16 Å². The molecule has 356 valence electrons. The molecule has 14 nitrogen and oxygen atoms in total. The fourth-order valence-corrected chi connectivity index (χ4v) is 10.7. The van der Waals surface area contributed by atoms with Crippen molar-refractivity contribution < 1.29 is 38.3 Å². The van der Waals surface area contributed by atoms with E-state index in [1.165, 1.54) is 41.5 Å². The Kier molecular flexibility index (Phi) is 15.3. The third kappa shape index (κ3) is 11.2. The first kappa shape index (κ1) is 49.0. The van der Waals surface area contributed by atoms with Crippen LogP contribution in [0.3, 0.4) is 0 Å². The monoisotopic (exact) mass is 992 g/mol. The van der Waals surface area contributed by atoms with Crippen LogP contribution in [0.15, 0.2) is 184 Å². The molecule has 2 aliphatic rings. The van der Waals surface area contributed by atoms with Crippen LogP contribution in [-0.4, -0.2) is 68.1 Å². The van der Waals surface area contributed by atoms with Gasteiger partial charge in [0.05, 0.1) is 0 Å². The summed E-state index contributed by atoms with van der Waals surface area (Å²) < 4.78 is 11.8. The molecule has 0 bridgehead atoms. The minimum absolute atomic E-state index is 0.0153. The molecule has 4 amide bonds. The highest BCUT2D eigenvalue weighted by Gasteiger charge is 2.55. The number of aromatic nitrogens is 1. The zero-order chi connectivity index (χ0) is 49.3. The van der Waals surface area contributed by atoms with Gasteiger partial charge in [-0.15, -0.1) is 23.1 Å². The number of hydrogen-bond acceptors (Lipinski definition) is 13. The second-order valence-corrected chi connectivity index (χ2v) is 19.8. The Labute approximate surface area is 417 Å². The lowest BCUT2D eigenvalue weighted by Crippen LogP contribution is -2.71. The van der Waals surface area contributed by atoms with E-state index < -0.39 is 52.6 Å². The standard InChI is InChI=1S/C53H48N6O8S3/c1-34(60)54-30-31-68-41-33-69-48-43(47(62)59(48)44(41)49(63)65-45(35-20-10-5-11-21-35)36-22-12-6-13-23-36)56-46(61)42(40-32-70-50(55-40)57-51(64)66-52(2,3)4)58-67-53(37-24-14-7-15-25-37,38-26-16-8-17-27-38)39-28-18-9-19-29-39/h5-32,43,45,48H,33H2,1-4H3,(H,54,60)(H,56,61)(H,55,57,64)/b31-30+,58-42-/t43?,48-/m1/s1. The number of esters is 1. The van der Waals surface area contributed by atoms with Crippen LogP contribution in [0.2, 0.25) is 0 Å². The Morgan fingerprint density at radius 1 is 0.800 bits per heavy atom. The van der Waals surface area contributed by atoms with E-state index in [1.807, 2.05) is 152 Å². The summed E-state index contributed by atoms with van der Waals surface area (Å²) in [6.45, 7) is 6.58. The van der Waals surface area contributed by atoms with E-state index in [4.69, 9.17) is 14.3 Å². The van der Waals surface area contributed by atoms with E-state index in [0.717, 1.165) is 22.5 Å². The first-order chi connectivity index (χ1) is 33.8. The fraction of sp³-hybridized carbons (Fsp3) is 0.189. The number of rotatable bonds is 16. The van der Waals surface area contributed by atoms with Crippen LogP contribution in [0.5, 0.6) is 0 Å². The van der Waals surface area contributed by atoms with Crippen molar-refractivity contribution in [1.82, 2.24) is 20.5 Å². The van der Waals surface area contributed by atoms with Gasteiger partial charge in [-0.05, 0) is 37.3 Å². The van der Waals surface area contributed by atoms with Crippen LogP contribution in [0.25, 0.3) is 0 Å². The predicted molar refractivity (Wildman–Crippen MR) is 272 cm³/mol. The maximum absolute atomic E-state index is 14.9. The number of carbonyl (C=O) groups is 5. The Balaban J connectivity index is 1.15. The van der Waals surface area contributed by atoms with Gasteiger partial charge in [-0.1, -0.05) is 169 Å². The van der Waals surface area contributed by atoms with E-state index in [-0.39, 0.29) is 33.9 Å². The van der Waals surface area contributed by atoms with Gasteiger partial charge in [0.15, 0.2) is 16.9 Å². The number of thiazole rings is 1. The van der Waals surface area contributed by atoms with Crippen LogP contribution in [0.4, 0.5) is 9.93 Å². The van der Waals surface area contributed by atoms with Crippen molar-refractivity contribution >= 4 is 75.5 Å². The summed E-state index contributed by atoms with van der Waals surface area (Å²) in [5.74, 6) is -2.16. The maximum atomic E-state index is 14.9. The Morgan fingerprint density at radius 3 is 1.84 bits per heavy atom. The molecule has 3 N–H and O–H groups in total. The molecule has 8 rings (SSSR count). The summed E-state index contributed by atoms with van der Waals surface area (Å²) in [6, 6.07) is 45.8. The van der Waals surface area contributed by atoms with Gasteiger partial charge in [-0.3, -0.25) is 24.6 Å². The number of β-lactam (4-membered cyclic amide) rings is 1. The van der Waals surface area contributed by atoms with Gasteiger partial charge < -0.3 is 24.9 Å². The number of nitrogens with zero attached hydrogens (tertiary/aromatic N) is 3. The molecule has 0 spiro atoms. The van der Waals surface area contributed by atoms with Crippen molar-refractivity contribution in [3.8, 4) is 0 Å². The smallest absolute Gasteiger partial charge is 0.413 e. The highest BCUT2D eigenvalue weighted by Crippen LogP contribution is 2.45.